The second-order valence-corrected chi connectivity index (χ2v) is 5.77. The van der Waals surface area contributed by atoms with Gasteiger partial charge in [-0.05, 0) is 18.6 Å². The summed E-state index contributed by atoms with van der Waals surface area (Å²) in [6, 6.07) is 6.19. The van der Waals surface area contributed by atoms with Crippen molar-refractivity contribution in [2.24, 2.45) is 0 Å². The lowest BCUT2D eigenvalue weighted by atomic mass is 10.2. The largest absolute Gasteiger partial charge is 0.273 e. The molecule has 0 radical (unpaired) electrons. The molecule has 0 aromatic heterocycles. The van der Waals surface area contributed by atoms with E-state index in [9.17, 15) is 18.0 Å². The Morgan fingerprint density at radius 1 is 1.22 bits per heavy atom. The van der Waals surface area contributed by atoms with E-state index in [1.165, 1.54) is 6.07 Å². The van der Waals surface area contributed by atoms with Crippen LogP contribution in [0.2, 0.25) is 0 Å². The maximum absolute atomic E-state index is 12.3. The first-order chi connectivity index (χ1) is 8.35. The Labute approximate surface area is 105 Å². The van der Waals surface area contributed by atoms with Crippen LogP contribution < -0.4 is 0 Å². The van der Waals surface area contributed by atoms with Crippen molar-refractivity contribution in [1.82, 2.24) is 4.31 Å². The molecule has 1 aliphatic rings. The second kappa shape index (κ2) is 4.06. The molecular weight excluding hydrogens is 254 g/mol. The van der Waals surface area contributed by atoms with Gasteiger partial charge >= 0.3 is 0 Å². The minimum absolute atomic E-state index is 0.00263. The highest BCUT2D eigenvalue weighted by molar-refractivity contribution is 7.90. The van der Waals surface area contributed by atoms with Crippen LogP contribution in [-0.2, 0) is 19.6 Å². The zero-order chi connectivity index (χ0) is 13.5. The first-order valence-corrected chi connectivity index (χ1v) is 6.65. The fourth-order valence-corrected chi connectivity index (χ4v) is 3.38. The first kappa shape index (κ1) is 12.5. The molecule has 6 heteroatoms. The number of aryl methyl sites for hydroxylation is 1. The molecule has 0 bridgehead atoms. The SMILES string of the molecule is C=C1CC(=O)N(S(=O)(=O)c2ccccc2C)C1=O. The summed E-state index contributed by atoms with van der Waals surface area (Å²) in [6.07, 6.45) is -0.246. The van der Waals surface area contributed by atoms with Crippen molar-refractivity contribution >= 4 is 21.8 Å². The van der Waals surface area contributed by atoms with Crippen molar-refractivity contribution in [1.29, 1.82) is 0 Å². The van der Waals surface area contributed by atoms with E-state index in [0.717, 1.165) is 0 Å². The van der Waals surface area contributed by atoms with Gasteiger partial charge in [-0.3, -0.25) is 9.59 Å². The van der Waals surface area contributed by atoms with E-state index in [0.29, 0.717) is 9.87 Å². The number of benzene rings is 1. The Kier molecular flexibility index (Phi) is 2.82. The highest BCUT2D eigenvalue weighted by Crippen LogP contribution is 2.26. The molecule has 2 amide bonds. The van der Waals surface area contributed by atoms with Crippen molar-refractivity contribution < 1.29 is 18.0 Å². The van der Waals surface area contributed by atoms with Crippen LogP contribution >= 0.6 is 0 Å². The summed E-state index contributed by atoms with van der Waals surface area (Å²) < 4.78 is 24.8. The average molecular weight is 265 g/mol. The van der Waals surface area contributed by atoms with Crippen LogP contribution in [0.3, 0.4) is 0 Å². The molecule has 1 aromatic carbocycles. The van der Waals surface area contributed by atoms with Gasteiger partial charge in [0.1, 0.15) is 0 Å². The second-order valence-electron chi connectivity index (χ2n) is 4.01. The monoisotopic (exact) mass is 265 g/mol. The Balaban J connectivity index is 2.58. The van der Waals surface area contributed by atoms with Crippen LogP contribution in [0.1, 0.15) is 12.0 Å². The summed E-state index contributed by atoms with van der Waals surface area (Å²) >= 11 is 0. The summed E-state index contributed by atoms with van der Waals surface area (Å²) in [5.74, 6) is -1.60. The maximum atomic E-state index is 12.3. The van der Waals surface area contributed by atoms with Gasteiger partial charge < -0.3 is 0 Å². The van der Waals surface area contributed by atoms with E-state index in [1.54, 1.807) is 25.1 Å². The van der Waals surface area contributed by atoms with Gasteiger partial charge in [-0.25, -0.2) is 8.42 Å². The smallest absolute Gasteiger partial charge is 0.273 e. The molecule has 0 spiro atoms. The number of amides is 2. The lowest BCUT2D eigenvalue weighted by molar-refractivity contribution is -0.131. The molecule has 1 aromatic rings. The normalized spacial score (nSPS) is 16.5. The van der Waals surface area contributed by atoms with E-state index in [2.05, 4.69) is 6.58 Å². The molecule has 1 saturated heterocycles. The van der Waals surface area contributed by atoms with Crippen LogP contribution in [0.5, 0.6) is 0 Å². The predicted octanol–water partition coefficient (Wildman–Crippen LogP) is 0.999. The van der Waals surface area contributed by atoms with Crippen LogP contribution in [0, 0.1) is 6.92 Å². The topological polar surface area (TPSA) is 71.5 Å². The molecule has 2 rings (SSSR count). The average Bonchev–Trinajstić information content (AvgIpc) is 2.53. The first-order valence-electron chi connectivity index (χ1n) is 5.21. The molecule has 94 valence electrons. The molecule has 0 N–H and O–H groups in total. The van der Waals surface area contributed by atoms with E-state index in [4.69, 9.17) is 0 Å². The third-order valence-corrected chi connectivity index (χ3v) is 4.55. The van der Waals surface area contributed by atoms with Crippen molar-refractivity contribution in [3.8, 4) is 0 Å². The molecule has 0 atom stereocenters. The van der Waals surface area contributed by atoms with Gasteiger partial charge in [-0.15, -0.1) is 0 Å². The van der Waals surface area contributed by atoms with Gasteiger partial charge in [0.15, 0.2) is 0 Å². The molecule has 1 fully saturated rings. The van der Waals surface area contributed by atoms with Gasteiger partial charge in [-0.1, -0.05) is 24.8 Å². The molecule has 5 nitrogen and oxygen atoms in total. The molecule has 1 aliphatic heterocycles. The fourth-order valence-electron chi connectivity index (χ4n) is 1.77. The Hall–Kier alpha value is -1.95. The van der Waals surface area contributed by atoms with Crippen molar-refractivity contribution in [2.75, 3.05) is 0 Å². The zero-order valence-electron chi connectivity index (χ0n) is 9.71. The highest BCUT2D eigenvalue weighted by atomic mass is 32.2. The third-order valence-electron chi connectivity index (χ3n) is 2.69. The summed E-state index contributed by atoms with van der Waals surface area (Å²) in [4.78, 5) is 23.2. The zero-order valence-corrected chi connectivity index (χ0v) is 10.5. The summed E-state index contributed by atoms with van der Waals surface area (Å²) in [7, 11) is -4.13. The van der Waals surface area contributed by atoms with Gasteiger partial charge in [0, 0.05) is 5.57 Å². The number of rotatable bonds is 2. The third kappa shape index (κ3) is 1.74. The van der Waals surface area contributed by atoms with Crippen molar-refractivity contribution in [3.05, 3.63) is 42.0 Å². The van der Waals surface area contributed by atoms with Gasteiger partial charge in [0.05, 0.1) is 11.3 Å². The number of carbonyl (C=O) groups excluding carboxylic acids is 2. The summed E-state index contributed by atoms with van der Waals surface area (Å²) in [5.41, 5.74) is 0.479. The van der Waals surface area contributed by atoms with Gasteiger partial charge in [0.25, 0.3) is 15.9 Å². The molecule has 0 unspecified atom stereocenters. The van der Waals surface area contributed by atoms with Gasteiger partial charge in [-0.2, -0.15) is 4.31 Å². The number of carbonyl (C=O) groups is 2. The Morgan fingerprint density at radius 3 is 2.33 bits per heavy atom. The molecule has 1 heterocycles. The molecular formula is C12H11NO4S. The minimum atomic E-state index is -4.13. The number of sulfonamides is 1. The van der Waals surface area contributed by atoms with Crippen LogP contribution in [0.15, 0.2) is 41.3 Å². The van der Waals surface area contributed by atoms with Gasteiger partial charge in [0.2, 0.25) is 5.91 Å². The van der Waals surface area contributed by atoms with E-state index >= 15 is 0 Å². The number of nitrogens with zero attached hydrogens (tertiary/aromatic N) is 1. The number of hydrogen-bond acceptors (Lipinski definition) is 4. The van der Waals surface area contributed by atoms with Crippen LogP contribution in [-0.4, -0.2) is 24.5 Å². The van der Waals surface area contributed by atoms with E-state index in [-0.39, 0.29) is 16.9 Å². The maximum Gasteiger partial charge on any atom is 0.273 e. The molecule has 18 heavy (non-hydrogen) atoms. The summed E-state index contributed by atoms with van der Waals surface area (Å²) in [5, 5.41) is 0. The Bertz CT molecular complexity index is 660. The fraction of sp³-hybridized carbons (Fsp3) is 0.167. The highest BCUT2D eigenvalue weighted by Gasteiger charge is 2.42. The Morgan fingerprint density at radius 2 is 1.83 bits per heavy atom. The number of imide groups is 1. The van der Waals surface area contributed by atoms with Crippen LogP contribution in [0.4, 0.5) is 0 Å². The molecule has 0 saturated carbocycles. The number of hydrogen-bond donors (Lipinski definition) is 0. The predicted molar refractivity (Wildman–Crippen MR) is 64.0 cm³/mol. The summed E-state index contributed by atoms with van der Waals surface area (Å²) in [6.45, 7) is 4.99. The minimum Gasteiger partial charge on any atom is -0.273 e. The standard InChI is InChI=1S/C12H11NO4S/c1-8-5-3-4-6-10(8)18(16,17)13-11(14)7-9(2)12(13)15/h3-6H,2,7H2,1H3. The lowest BCUT2D eigenvalue weighted by Gasteiger charge is -2.15. The van der Waals surface area contributed by atoms with Crippen molar-refractivity contribution in [2.45, 2.75) is 18.2 Å². The lowest BCUT2D eigenvalue weighted by Crippen LogP contribution is -2.36. The van der Waals surface area contributed by atoms with E-state index in [1.807, 2.05) is 0 Å². The quantitative estimate of drug-likeness (QED) is 0.590. The van der Waals surface area contributed by atoms with E-state index < -0.39 is 21.8 Å². The van der Waals surface area contributed by atoms with Crippen LogP contribution in [0.25, 0.3) is 0 Å². The van der Waals surface area contributed by atoms with Crippen molar-refractivity contribution in [3.63, 3.8) is 0 Å². The molecule has 0 aliphatic carbocycles.